The van der Waals surface area contributed by atoms with Crippen molar-refractivity contribution >= 4 is 11.3 Å². The van der Waals surface area contributed by atoms with Gasteiger partial charge >= 0.3 is 4.87 Å². The van der Waals surface area contributed by atoms with Gasteiger partial charge in [-0.1, -0.05) is 23.5 Å². The molecule has 1 aromatic heterocycles. The fraction of sp³-hybridized carbons (Fsp3) is 0.438. The third-order valence-corrected chi connectivity index (χ3v) is 4.77. The molecule has 1 saturated heterocycles. The van der Waals surface area contributed by atoms with Gasteiger partial charge in [0.05, 0.1) is 12.8 Å². The van der Waals surface area contributed by atoms with Crippen LogP contribution >= 0.6 is 11.3 Å². The number of H-pyrrole nitrogens is 1. The number of para-hydroxylation sites is 1. The first-order valence-electron chi connectivity index (χ1n) is 7.56. The van der Waals surface area contributed by atoms with E-state index in [-0.39, 0.29) is 4.87 Å². The highest BCUT2D eigenvalue weighted by Gasteiger charge is 2.17. The summed E-state index contributed by atoms with van der Waals surface area (Å²) in [6.07, 6.45) is 1.14. The van der Waals surface area contributed by atoms with Crippen LogP contribution in [0.2, 0.25) is 0 Å². The molecule has 1 aromatic carbocycles. The third-order valence-electron chi connectivity index (χ3n) is 3.90. The first-order chi connectivity index (χ1) is 10.8. The van der Waals surface area contributed by atoms with Gasteiger partial charge < -0.3 is 15.0 Å². The lowest BCUT2D eigenvalue weighted by Crippen LogP contribution is -2.27. The van der Waals surface area contributed by atoms with Gasteiger partial charge in [0.1, 0.15) is 5.75 Å². The number of nitrogens with zero attached hydrogens (tertiary/aromatic N) is 1. The topological polar surface area (TPSA) is 57.4 Å². The first kappa shape index (κ1) is 15.3. The number of aromatic nitrogens is 1. The van der Waals surface area contributed by atoms with E-state index in [1.807, 2.05) is 24.3 Å². The summed E-state index contributed by atoms with van der Waals surface area (Å²) in [4.78, 5) is 18.3. The zero-order chi connectivity index (χ0) is 15.4. The Morgan fingerprint density at radius 3 is 3.00 bits per heavy atom. The molecule has 2 aromatic rings. The Hall–Kier alpha value is -1.63. The number of aromatic amines is 1. The minimum absolute atomic E-state index is 0.0103. The van der Waals surface area contributed by atoms with Gasteiger partial charge in [0, 0.05) is 30.1 Å². The summed E-state index contributed by atoms with van der Waals surface area (Å²) in [6.45, 7) is 4.95. The van der Waals surface area contributed by atoms with Gasteiger partial charge in [-0.3, -0.25) is 9.69 Å². The first-order valence-corrected chi connectivity index (χ1v) is 8.38. The van der Waals surface area contributed by atoms with Crippen LogP contribution < -0.4 is 14.9 Å². The number of ether oxygens (including phenoxy) is 1. The van der Waals surface area contributed by atoms with Gasteiger partial charge in [-0.15, -0.1) is 0 Å². The maximum Gasteiger partial charge on any atom is 0.305 e. The highest BCUT2D eigenvalue weighted by atomic mass is 32.1. The largest absolute Gasteiger partial charge is 0.496 e. The second kappa shape index (κ2) is 7.09. The van der Waals surface area contributed by atoms with Crippen molar-refractivity contribution in [3.63, 3.8) is 0 Å². The molecule has 1 aliphatic heterocycles. The molecule has 1 fully saturated rings. The Morgan fingerprint density at radius 2 is 2.14 bits per heavy atom. The fourth-order valence-corrected chi connectivity index (χ4v) is 3.69. The zero-order valence-corrected chi connectivity index (χ0v) is 13.5. The minimum Gasteiger partial charge on any atom is -0.496 e. The summed E-state index contributed by atoms with van der Waals surface area (Å²) in [6, 6.07) is 7.82. The van der Waals surface area contributed by atoms with Crippen molar-refractivity contribution in [1.29, 1.82) is 0 Å². The number of benzene rings is 1. The van der Waals surface area contributed by atoms with Crippen molar-refractivity contribution in [2.75, 3.05) is 33.3 Å². The summed E-state index contributed by atoms with van der Waals surface area (Å²) < 4.78 is 5.43. The standard InChI is InChI=1S/C16H21N3O2S/c1-21-13-6-3-2-5-12(13)15-14(22-16(20)18-15)11-19-9-4-7-17-8-10-19/h2-3,5-6,17H,4,7-11H2,1H3,(H,18,20). The smallest absolute Gasteiger partial charge is 0.305 e. The molecule has 0 spiro atoms. The van der Waals surface area contributed by atoms with E-state index in [1.165, 1.54) is 11.3 Å². The van der Waals surface area contributed by atoms with Crippen molar-refractivity contribution in [3.05, 3.63) is 38.8 Å². The van der Waals surface area contributed by atoms with E-state index in [0.29, 0.717) is 0 Å². The van der Waals surface area contributed by atoms with E-state index in [4.69, 9.17) is 4.74 Å². The fourth-order valence-electron chi connectivity index (χ4n) is 2.80. The summed E-state index contributed by atoms with van der Waals surface area (Å²) in [5.74, 6) is 0.787. The monoisotopic (exact) mass is 319 g/mol. The molecule has 22 heavy (non-hydrogen) atoms. The maximum absolute atomic E-state index is 11.9. The molecule has 118 valence electrons. The molecule has 2 heterocycles. The van der Waals surface area contributed by atoms with Crippen LogP contribution in [0.15, 0.2) is 29.1 Å². The number of thiazole rings is 1. The second-order valence-corrected chi connectivity index (χ2v) is 6.46. The molecule has 1 aliphatic rings. The molecule has 0 saturated carbocycles. The van der Waals surface area contributed by atoms with E-state index in [9.17, 15) is 4.79 Å². The van der Waals surface area contributed by atoms with E-state index in [0.717, 1.165) is 61.0 Å². The summed E-state index contributed by atoms with van der Waals surface area (Å²) >= 11 is 1.30. The van der Waals surface area contributed by atoms with Crippen molar-refractivity contribution in [2.24, 2.45) is 0 Å². The van der Waals surface area contributed by atoms with Crippen LogP contribution in [0.1, 0.15) is 11.3 Å². The van der Waals surface area contributed by atoms with Crippen molar-refractivity contribution < 1.29 is 4.74 Å². The number of nitrogens with one attached hydrogen (secondary N) is 2. The molecule has 5 nitrogen and oxygen atoms in total. The third kappa shape index (κ3) is 3.40. The summed E-state index contributed by atoms with van der Waals surface area (Å²) in [7, 11) is 1.66. The van der Waals surface area contributed by atoms with Crippen LogP contribution in [0.4, 0.5) is 0 Å². The van der Waals surface area contributed by atoms with Gasteiger partial charge in [0.15, 0.2) is 0 Å². The Labute approximate surface area is 133 Å². The van der Waals surface area contributed by atoms with E-state index in [1.54, 1.807) is 7.11 Å². The molecular weight excluding hydrogens is 298 g/mol. The van der Waals surface area contributed by atoms with Crippen LogP contribution in [0.25, 0.3) is 11.3 Å². The highest BCUT2D eigenvalue weighted by molar-refractivity contribution is 7.09. The van der Waals surface area contributed by atoms with Gasteiger partial charge in [0.25, 0.3) is 0 Å². The lowest BCUT2D eigenvalue weighted by atomic mass is 10.1. The number of hydrogen-bond donors (Lipinski definition) is 2. The van der Waals surface area contributed by atoms with E-state index >= 15 is 0 Å². The van der Waals surface area contributed by atoms with Crippen LogP contribution in [-0.4, -0.2) is 43.2 Å². The molecule has 0 unspecified atom stereocenters. The lowest BCUT2D eigenvalue weighted by Gasteiger charge is -2.19. The molecular formula is C16H21N3O2S. The minimum atomic E-state index is -0.0103. The quantitative estimate of drug-likeness (QED) is 0.904. The molecule has 0 bridgehead atoms. The summed E-state index contributed by atoms with van der Waals surface area (Å²) in [5, 5.41) is 3.40. The van der Waals surface area contributed by atoms with Crippen LogP contribution in [0.3, 0.4) is 0 Å². The van der Waals surface area contributed by atoms with Crippen LogP contribution in [-0.2, 0) is 6.54 Å². The number of rotatable bonds is 4. The van der Waals surface area contributed by atoms with Crippen molar-refractivity contribution in [2.45, 2.75) is 13.0 Å². The molecule has 0 aliphatic carbocycles. The predicted octanol–water partition coefficient (Wildman–Crippen LogP) is 1.91. The van der Waals surface area contributed by atoms with Gasteiger partial charge in [-0.2, -0.15) is 0 Å². The SMILES string of the molecule is COc1ccccc1-c1[nH]c(=O)sc1CN1CCCNCC1. The maximum atomic E-state index is 11.9. The van der Waals surface area contributed by atoms with Crippen molar-refractivity contribution in [1.82, 2.24) is 15.2 Å². The number of methoxy groups -OCH3 is 1. The van der Waals surface area contributed by atoms with E-state index in [2.05, 4.69) is 15.2 Å². The van der Waals surface area contributed by atoms with Gasteiger partial charge in [0.2, 0.25) is 0 Å². The Morgan fingerprint density at radius 1 is 1.27 bits per heavy atom. The average molecular weight is 319 g/mol. The molecule has 6 heteroatoms. The number of hydrogen-bond acceptors (Lipinski definition) is 5. The molecule has 0 atom stereocenters. The van der Waals surface area contributed by atoms with Crippen LogP contribution in [0, 0.1) is 0 Å². The van der Waals surface area contributed by atoms with Gasteiger partial charge in [-0.05, 0) is 31.6 Å². The predicted molar refractivity (Wildman–Crippen MR) is 89.7 cm³/mol. The van der Waals surface area contributed by atoms with E-state index < -0.39 is 0 Å². The summed E-state index contributed by atoms with van der Waals surface area (Å²) in [5.41, 5.74) is 1.84. The molecule has 0 radical (unpaired) electrons. The second-order valence-electron chi connectivity index (χ2n) is 5.39. The lowest BCUT2D eigenvalue weighted by molar-refractivity contribution is 0.287. The Kier molecular flexibility index (Phi) is 4.92. The molecule has 0 amide bonds. The van der Waals surface area contributed by atoms with Gasteiger partial charge in [-0.25, -0.2) is 0 Å². The zero-order valence-electron chi connectivity index (χ0n) is 12.7. The highest BCUT2D eigenvalue weighted by Crippen LogP contribution is 2.32. The normalized spacial score (nSPS) is 16.4. The van der Waals surface area contributed by atoms with Crippen LogP contribution in [0.5, 0.6) is 5.75 Å². The molecule has 3 rings (SSSR count). The Bertz CT molecular complexity index is 672. The average Bonchev–Trinajstić information content (AvgIpc) is 2.74. The van der Waals surface area contributed by atoms with Crippen molar-refractivity contribution in [3.8, 4) is 17.0 Å². The molecule has 2 N–H and O–H groups in total. The Balaban J connectivity index is 1.91.